The van der Waals surface area contributed by atoms with E-state index in [9.17, 15) is 4.39 Å². The second-order valence-corrected chi connectivity index (χ2v) is 5.39. The summed E-state index contributed by atoms with van der Waals surface area (Å²) >= 11 is 11.8. The smallest absolute Gasteiger partial charge is 0.124 e. The standard InChI is InChI=1S/C13H16Cl2FN/c14-5-3-10-4-6-17(8-10)9-11-1-2-12(16)7-13(11)15/h1-2,7,10H,3-6,8-9H2. The topological polar surface area (TPSA) is 3.24 Å². The van der Waals surface area contributed by atoms with Crippen molar-refractivity contribution in [2.45, 2.75) is 19.4 Å². The second kappa shape index (κ2) is 6.03. The molecule has 4 heteroatoms. The van der Waals surface area contributed by atoms with E-state index < -0.39 is 0 Å². The number of benzene rings is 1. The van der Waals surface area contributed by atoms with Gasteiger partial charge in [0.1, 0.15) is 5.82 Å². The molecule has 0 aromatic heterocycles. The average Bonchev–Trinajstić information content (AvgIpc) is 2.71. The SMILES string of the molecule is Fc1ccc(CN2CCC(CCCl)C2)c(Cl)c1. The minimum atomic E-state index is -0.278. The van der Waals surface area contributed by atoms with Gasteiger partial charge in [-0.1, -0.05) is 17.7 Å². The maximum Gasteiger partial charge on any atom is 0.124 e. The Bertz CT molecular complexity index is 384. The van der Waals surface area contributed by atoms with Gasteiger partial charge in [-0.15, -0.1) is 11.6 Å². The highest BCUT2D eigenvalue weighted by molar-refractivity contribution is 6.31. The third-order valence-electron chi connectivity index (χ3n) is 3.30. The highest BCUT2D eigenvalue weighted by Gasteiger charge is 2.22. The van der Waals surface area contributed by atoms with Crippen LogP contribution in [0.1, 0.15) is 18.4 Å². The van der Waals surface area contributed by atoms with Crippen LogP contribution in [-0.2, 0) is 6.54 Å². The average molecular weight is 276 g/mol. The Labute approximate surface area is 112 Å². The minimum Gasteiger partial charge on any atom is -0.299 e. The van der Waals surface area contributed by atoms with E-state index in [-0.39, 0.29) is 5.82 Å². The molecule has 0 saturated carbocycles. The summed E-state index contributed by atoms with van der Waals surface area (Å²) in [7, 11) is 0. The van der Waals surface area contributed by atoms with Crippen LogP contribution in [0, 0.1) is 11.7 Å². The first-order chi connectivity index (χ1) is 8.19. The van der Waals surface area contributed by atoms with Crippen LogP contribution in [0.25, 0.3) is 0 Å². The monoisotopic (exact) mass is 275 g/mol. The number of hydrogen-bond acceptors (Lipinski definition) is 1. The quantitative estimate of drug-likeness (QED) is 0.753. The number of likely N-dealkylation sites (tertiary alicyclic amines) is 1. The molecule has 1 nitrogen and oxygen atoms in total. The fraction of sp³-hybridized carbons (Fsp3) is 0.538. The lowest BCUT2D eigenvalue weighted by atomic mass is 10.1. The number of rotatable bonds is 4. The predicted octanol–water partition coefficient (Wildman–Crippen LogP) is 3.93. The molecule has 2 rings (SSSR count). The second-order valence-electron chi connectivity index (χ2n) is 4.60. The Morgan fingerprint density at radius 1 is 1.41 bits per heavy atom. The number of halogens is 3. The van der Waals surface area contributed by atoms with Crippen molar-refractivity contribution in [3.05, 3.63) is 34.6 Å². The van der Waals surface area contributed by atoms with Crippen LogP contribution in [0.2, 0.25) is 5.02 Å². The fourth-order valence-corrected chi connectivity index (χ4v) is 2.87. The van der Waals surface area contributed by atoms with Gasteiger partial charge in [0, 0.05) is 24.0 Å². The summed E-state index contributed by atoms with van der Waals surface area (Å²) in [6.45, 7) is 2.95. The molecule has 1 aromatic rings. The molecule has 0 radical (unpaired) electrons. The van der Waals surface area contributed by atoms with E-state index in [4.69, 9.17) is 23.2 Å². The molecule has 1 unspecified atom stereocenters. The third kappa shape index (κ3) is 3.57. The Balaban J connectivity index is 1.93. The zero-order chi connectivity index (χ0) is 12.3. The first kappa shape index (κ1) is 13.1. The van der Waals surface area contributed by atoms with Crippen molar-refractivity contribution in [1.82, 2.24) is 4.90 Å². The minimum absolute atomic E-state index is 0.278. The number of hydrogen-bond donors (Lipinski definition) is 0. The molecule has 1 saturated heterocycles. The van der Waals surface area contributed by atoms with Gasteiger partial charge in [0.15, 0.2) is 0 Å². The van der Waals surface area contributed by atoms with Gasteiger partial charge in [-0.25, -0.2) is 4.39 Å². The molecule has 0 amide bonds. The van der Waals surface area contributed by atoms with Crippen molar-refractivity contribution < 1.29 is 4.39 Å². The van der Waals surface area contributed by atoms with Gasteiger partial charge in [0.25, 0.3) is 0 Å². The molecule has 1 heterocycles. The molecule has 1 fully saturated rings. The van der Waals surface area contributed by atoms with Crippen LogP contribution in [0.3, 0.4) is 0 Å². The molecular formula is C13H16Cl2FN. The molecule has 1 aliphatic heterocycles. The van der Waals surface area contributed by atoms with E-state index >= 15 is 0 Å². The summed E-state index contributed by atoms with van der Waals surface area (Å²) in [5, 5.41) is 0.519. The molecule has 1 atom stereocenters. The van der Waals surface area contributed by atoms with Crippen molar-refractivity contribution in [1.29, 1.82) is 0 Å². The van der Waals surface area contributed by atoms with E-state index in [0.29, 0.717) is 10.9 Å². The lowest BCUT2D eigenvalue weighted by Gasteiger charge is -2.16. The van der Waals surface area contributed by atoms with Gasteiger partial charge in [-0.3, -0.25) is 4.90 Å². The Kier molecular flexibility index (Phi) is 4.66. The summed E-state index contributed by atoms with van der Waals surface area (Å²) in [4.78, 5) is 2.36. The largest absolute Gasteiger partial charge is 0.299 e. The first-order valence-electron chi connectivity index (χ1n) is 5.91. The number of nitrogens with zero attached hydrogens (tertiary/aromatic N) is 1. The molecule has 1 aromatic carbocycles. The van der Waals surface area contributed by atoms with Crippen LogP contribution in [0.15, 0.2) is 18.2 Å². The lowest BCUT2D eigenvalue weighted by Crippen LogP contribution is -2.20. The van der Waals surface area contributed by atoms with E-state index in [1.807, 2.05) is 0 Å². The van der Waals surface area contributed by atoms with Gasteiger partial charge in [0.2, 0.25) is 0 Å². The van der Waals surface area contributed by atoms with Crippen molar-refractivity contribution in [3.8, 4) is 0 Å². The predicted molar refractivity (Wildman–Crippen MR) is 70.1 cm³/mol. The highest BCUT2D eigenvalue weighted by atomic mass is 35.5. The maximum absolute atomic E-state index is 12.9. The highest BCUT2D eigenvalue weighted by Crippen LogP contribution is 2.24. The lowest BCUT2D eigenvalue weighted by molar-refractivity contribution is 0.315. The van der Waals surface area contributed by atoms with E-state index in [1.54, 1.807) is 6.07 Å². The van der Waals surface area contributed by atoms with E-state index in [1.165, 1.54) is 18.6 Å². The van der Waals surface area contributed by atoms with Gasteiger partial charge < -0.3 is 0 Å². The molecule has 1 aliphatic rings. The molecular weight excluding hydrogens is 260 g/mol. The fourth-order valence-electron chi connectivity index (χ4n) is 2.34. The van der Waals surface area contributed by atoms with Crippen LogP contribution in [0.5, 0.6) is 0 Å². The van der Waals surface area contributed by atoms with Crippen molar-refractivity contribution in [2.24, 2.45) is 5.92 Å². The normalized spacial score (nSPS) is 21.0. The van der Waals surface area contributed by atoms with Crippen LogP contribution >= 0.6 is 23.2 Å². The van der Waals surface area contributed by atoms with Crippen molar-refractivity contribution >= 4 is 23.2 Å². The van der Waals surface area contributed by atoms with Crippen molar-refractivity contribution in [3.63, 3.8) is 0 Å². The molecule has 0 bridgehead atoms. The number of alkyl halides is 1. The van der Waals surface area contributed by atoms with Crippen molar-refractivity contribution in [2.75, 3.05) is 19.0 Å². The van der Waals surface area contributed by atoms with Crippen LogP contribution in [0.4, 0.5) is 4.39 Å². The summed E-state index contributed by atoms with van der Waals surface area (Å²) in [6, 6.07) is 4.61. The zero-order valence-electron chi connectivity index (χ0n) is 9.63. The first-order valence-corrected chi connectivity index (χ1v) is 6.82. The Morgan fingerprint density at radius 3 is 2.94 bits per heavy atom. The molecule has 0 spiro atoms. The van der Waals surface area contributed by atoms with Gasteiger partial charge in [0.05, 0.1) is 0 Å². The molecule has 94 valence electrons. The molecule has 0 N–H and O–H groups in total. The zero-order valence-corrected chi connectivity index (χ0v) is 11.1. The maximum atomic E-state index is 12.9. The summed E-state index contributed by atoms with van der Waals surface area (Å²) in [5.74, 6) is 1.16. The van der Waals surface area contributed by atoms with Crippen LogP contribution in [-0.4, -0.2) is 23.9 Å². The van der Waals surface area contributed by atoms with Crippen LogP contribution < -0.4 is 0 Å². The Hall–Kier alpha value is -0.310. The van der Waals surface area contributed by atoms with Gasteiger partial charge >= 0.3 is 0 Å². The summed E-state index contributed by atoms with van der Waals surface area (Å²) in [5.41, 5.74) is 1.000. The van der Waals surface area contributed by atoms with E-state index in [0.717, 1.165) is 37.5 Å². The third-order valence-corrected chi connectivity index (χ3v) is 3.87. The van der Waals surface area contributed by atoms with E-state index in [2.05, 4.69) is 4.90 Å². The molecule has 0 aliphatic carbocycles. The summed E-state index contributed by atoms with van der Waals surface area (Å²) in [6.07, 6.45) is 2.28. The van der Waals surface area contributed by atoms with Gasteiger partial charge in [-0.2, -0.15) is 0 Å². The Morgan fingerprint density at radius 2 is 2.24 bits per heavy atom. The van der Waals surface area contributed by atoms with Gasteiger partial charge in [-0.05, 0) is 43.0 Å². The summed E-state index contributed by atoms with van der Waals surface area (Å²) < 4.78 is 12.9. The molecule has 17 heavy (non-hydrogen) atoms.